The van der Waals surface area contributed by atoms with Crippen LogP contribution in [0.1, 0.15) is 17.3 Å². The van der Waals surface area contributed by atoms with Crippen LogP contribution >= 0.6 is 0 Å². The number of carbonyl (C=O) groups is 1. The third-order valence-corrected chi connectivity index (χ3v) is 5.01. The molecule has 0 radical (unpaired) electrons. The highest BCUT2D eigenvalue weighted by Gasteiger charge is 2.36. The summed E-state index contributed by atoms with van der Waals surface area (Å²) < 4.78 is 16.1. The highest BCUT2D eigenvalue weighted by molar-refractivity contribution is 5.94. The van der Waals surface area contributed by atoms with Gasteiger partial charge in [0.05, 0.1) is 19.8 Å². The van der Waals surface area contributed by atoms with Gasteiger partial charge in [-0.3, -0.25) is 9.69 Å². The molecule has 1 aromatic rings. The lowest BCUT2D eigenvalue weighted by atomic mass is 10.0. The number of hydrogen-bond donors (Lipinski definition) is 0. The third-order valence-electron chi connectivity index (χ3n) is 5.01. The average molecular weight is 348 g/mol. The Morgan fingerprint density at radius 2 is 2.04 bits per heavy atom. The van der Waals surface area contributed by atoms with Gasteiger partial charge in [-0.25, -0.2) is 0 Å². The van der Waals surface area contributed by atoms with E-state index in [1.54, 1.807) is 7.11 Å². The second kappa shape index (κ2) is 8.65. The molecule has 0 bridgehead atoms. The number of carbonyl (C=O) groups excluding carboxylic acids is 1. The van der Waals surface area contributed by atoms with Crippen LogP contribution in [-0.4, -0.2) is 81.5 Å². The van der Waals surface area contributed by atoms with E-state index in [1.165, 1.54) is 0 Å². The summed E-state index contributed by atoms with van der Waals surface area (Å²) >= 11 is 0. The SMILES string of the molecule is COCCOc1cccc(C(=O)N2C[C@@H](C)[C@@H](N3CCOCC3)C2)c1. The highest BCUT2D eigenvalue weighted by atomic mass is 16.5. The van der Waals surface area contributed by atoms with E-state index in [0.717, 1.165) is 39.4 Å². The van der Waals surface area contributed by atoms with Gasteiger partial charge >= 0.3 is 0 Å². The van der Waals surface area contributed by atoms with Crippen molar-refractivity contribution in [2.45, 2.75) is 13.0 Å². The average Bonchev–Trinajstić information content (AvgIpc) is 3.04. The van der Waals surface area contributed by atoms with Crippen LogP contribution in [0.5, 0.6) is 5.75 Å². The smallest absolute Gasteiger partial charge is 0.254 e. The fraction of sp³-hybridized carbons (Fsp3) is 0.632. The molecule has 0 saturated carbocycles. The van der Waals surface area contributed by atoms with Crippen molar-refractivity contribution in [1.82, 2.24) is 9.80 Å². The van der Waals surface area contributed by atoms with Crippen molar-refractivity contribution < 1.29 is 19.0 Å². The summed E-state index contributed by atoms with van der Waals surface area (Å²) in [6.45, 7) is 8.33. The van der Waals surface area contributed by atoms with Crippen LogP contribution in [0.2, 0.25) is 0 Å². The molecule has 2 aliphatic heterocycles. The summed E-state index contributed by atoms with van der Waals surface area (Å²) in [6.07, 6.45) is 0. The van der Waals surface area contributed by atoms with Gasteiger partial charge in [0.25, 0.3) is 5.91 Å². The molecule has 138 valence electrons. The van der Waals surface area contributed by atoms with Crippen molar-refractivity contribution in [2.24, 2.45) is 5.92 Å². The zero-order valence-electron chi connectivity index (χ0n) is 15.1. The minimum absolute atomic E-state index is 0.0831. The van der Waals surface area contributed by atoms with Crippen molar-refractivity contribution in [3.05, 3.63) is 29.8 Å². The van der Waals surface area contributed by atoms with Gasteiger partial charge in [-0.05, 0) is 24.1 Å². The topological polar surface area (TPSA) is 51.2 Å². The predicted octanol–water partition coefficient (Wildman–Crippen LogP) is 1.50. The molecule has 0 unspecified atom stereocenters. The van der Waals surface area contributed by atoms with Crippen molar-refractivity contribution >= 4 is 5.91 Å². The number of likely N-dealkylation sites (tertiary alicyclic amines) is 1. The van der Waals surface area contributed by atoms with Gasteiger partial charge in [0.2, 0.25) is 0 Å². The first-order valence-electron chi connectivity index (χ1n) is 9.02. The molecule has 2 heterocycles. The third kappa shape index (κ3) is 4.51. The molecule has 3 rings (SSSR count). The Balaban J connectivity index is 1.62. The van der Waals surface area contributed by atoms with Crippen molar-refractivity contribution in [3.63, 3.8) is 0 Å². The summed E-state index contributed by atoms with van der Waals surface area (Å²) in [7, 11) is 1.64. The molecule has 6 heteroatoms. The van der Waals surface area contributed by atoms with E-state index in [2.05, 4.69) is 11.8 Å². The zero-order valence-corrected chi connectivity index (χ0v) is 15.1. The number of nitrogens with zero attached hydrogens (tertiary/aromatic N) is 2. The van der Waals surface area contributed by atoms with Crippen LogP contribution in [0.4, 0.5) is 0 Å². The summed E-state index contributed by atoms with van der Waals surface area (Å²) in [5, 5.41) is 0. The summed E-state index contributed by atoms with van der Waals surface area (Å²) in [5.74, 6) is 1.27. The minimum atomic E-state index is 0.0831. The standard InChI is InChI=1S/C19H28N2O4/c1-15-13-21(14-18(15)20-6-8-24-9-7-20)19(22)16-4-3-5-17(12-16)25-11-10-23-2/h3-5,12,15,18H,6-11,13-14H2,1-2H3/t15-,18+/m1/s1. The predicted molar refractivity (Wildman–Crippen MR) is 95.1 cm³/mol. The molecule has 2 saturated heterocycles. The molecule has 25 heavy (non-hydrogen) atoms. The molecule has 6 nitrogen and oxygen atoms in total. The fourth-order valence-electron chi connectivity index (χ4n) is 3.64. The lowest BCUT2D eigenvalue weighted by Crippen LogP contribution is -2.47. The lowest BCUT2D eigenvalue weighted by Gasteiger charge is -2.34. The number of benzene rings is 1. The fourth-order valence-corrected chi connectivity index (χ4v) is 3.64. The normalized spacial score (nSPS) is 24.5. The quantitative estimate of drug-likeness (QED) is 0.730. The Morgan fingerprint density at radius 3 is 2.80 bits per heavy atom. The van der Waals surface area contributed by atoms with Crippen molar-refractivity contribution in [3.8, 4) is 5.75 Å². The monoisotopic (exact) mass is 348 g/mol. The number of methoxy groups -OCH3 is 1. The molecule has 0 aromatic heterocycles. The van der Waals surface area contributed by atoms with Gasteiger partial charge in [-0.1, -0.05) is 13.0 Å². The van der Waals surface area contributed by atoms with E-state index in [-0.39, 0.29) is 5.91 Å². The molecular weight excluding hydrogens is 320 g/mol. The van der Waals surface area contributed by atoms with Crippen molar-refractivity contribution in [2.75, 3.05) is 59.7 Å². The number of ether oxygens (including phenoxy) is 3. The van der Waals surface area contributed by atoms with E-state index in [4.69, 9.17) is 14.2 Å². The first-order valence-corrected chi connectivity index (χ1v) is 9.02. The number of rotatable bonds is 6. The molecule has 2 atom stereocenters. The minimum Gasteiger partial charge on any atom is -0.491 e. The molecule has 0 aliphatic carbocycles. The Kier molecular flexibility index (Phi) is 6.29. The van der Waals surface area contributed by atoms with Crippen LogP contribution < -0.4 is 4.74 Å². The van der Waals surface area contributed by atoms with Crippen LogP contribution in [0.25, 0.3) is 0 Å². The first-order chi connectivity index (χ1) is 12.2. The Labute approximate surface area is 149 Å². The number of morpholine rings is 1. The van der Waals surface area contributed by atoms with Crippen molar-refractivity contribution in [1.29, 1.82) is 0 Å². The zero-order chi connectivity index (χ0) is 17.6. The van der Waals surface area contributed by atoms with Crippen LogP contribution in [0.15, 0.2) is 24.3 Å². The van der Waals surface area contributed by atoms with Crippen LogP contribution in [0.3, 0.4) is 0 Å². The largest absolute Gasteiger partial charge is 0.491 e. The maximum Gasteiger partial charge on any atom is 0.254 e. The van der Waals surface area contributed by atoms with Gasteiger partial charge in [-0.2, -0.15) is 0 Å². The maximum atomic E-state index is 12.9. The van der Waals surface area contributed by atoms with E-state index >= 15 is 0 Å². The molecular formula is C19H28N2O4. The lowest BCUT2D eigenvalue weighted by molar-refractivity contribution is 0.0119. The first kappa shape index (κ1) is 18.2. The van der Waals surface area contributed by atoms with Gasteiger partial charge in [0.15, 0.2) is 0 Å². The Bertz CT molecular complexity index is 574. The number of hydrogen-bond acceptors (Lipinski definition) is 5. The molecule has 0 spiro atoms. The second-order valence-corrected chi connectivity index (χ2v) is 6.77. The molecule has 1 amide bonds. The second-order valence-electron chi connectivity index (χ2n) is 6.77. The van der Waals surface area contributed by atoms with Gasteiger partial charge in [0.1, 0.15) is 12.4 Å². The van der Waals surface area contributed by atoms with E-state index in [0.29, 0.717) is 36.5 Å². The molecule has 0 N–H and O–H groups in total. The van der Waals surface area contributed by atoms with Gasteiger partial charge in [-0.15, -0.1) is 0 Å². The van der Waals surface area contributed by atoms with E-state index < -0.39 is 0 Å². The maximum absolute atomic E-state index is 12.9. The van der Waals surface area contributed by atoms with Gasteiger partial charge < -0.3 is 19.1 Å². The van der Waals surface area contributed by atoms with Crippen LogP contribution in [0, 0.1) is 5.92 Å². The van der Waals surface area contributed by atoms with E-state index in [9.17, 15) is 4.79 Å². The Morgan fingerprint density at radius 1 is 1.24 bits per heavy atom. The highest BCUT2D eigenvalue weighted by Crippen LogP contribution is 2.25. The summed E-state index contributed by atoms with van der Waals surface area (Å²) in [4.78, 5) is 17.3. The summed E-state index contributed by atoms with van der Waals surface area (Å²) in [6, 6.07) is 7.85. The molecule has 2 aliphatic rings. The summed E-state index contributed by atoms with van der Waals surface area (Å²) in [5.41, 5.74) is 0.685. The molecule has 1 aromatic carbocycles. The number of amides is 1. The Hall–Kier alpha value is -1.63. The van der Waals surface area contributed by atoms with Gasteiger partial charge in [0, 0.05) is 44.9 Å². The van der Waals surface area contributed by atoms with E-state index in [1.807, 2.05) is 29.2 Å². The van der Waals surface area contributed by atoms with Crippen LogP contribution in [-0.2, 0) is 9.47 Å². The molecule has 2 fully saturated rings.